The third-order valence-electron chi connectivity index (χ3n) is 2.01. The van der Waals surface area contributed by atoms with Crippen LogP contribution >= 0.6 is 12.1 Å². The van der Waals surface area contributed by atoms with Crippen LogP contribution in [0, 0.1) is 0 Å². The van der Waals surface area contributed by atoms with Gasteiger partial charge in [-0.3, -0.25) is 0 Å². The zero-order valence-electron chi connectivity index (χ0n) is 7.49. The quantitative estimate of drug-likeness (QED) is 0.326. The number of carbonyl (C=O) groups is 1. The summed E-state index contributed by atoms with van der Waals surface area (Å²) in [4.78, 5) is 11.0. The lowest BCUT2D eigenvalue weighted by Crippen LogP contribution is -2.44. The van der Waals surface area contributed by atoms with Gasteiger partial charge in [0.2, 0.25) is 0 Å². The smallest absolute Gasteiger partial charge is 0.332 e. The van der Waals surface area contributed by atoms with Gasteiger partial charge in [0.25, 0.3) is 0 Å². The van der Waals surface area contributed by atoms with Gasteiger partial charge in [-0.15, -0.1) is 0 Å². The van der Waals surface area contributed by atoms with Gasteiger partial charge in [-0.25, -0.2) is 16.9 Å². The van der Waals surface area contributed by atoms with E-state index in [1.54, 1.807) is 0 Å². The van der Waals surface area contributed by atoms with Crippen LogP contribution in [0.5, 0.6) is 0 Å². The summed E-state index contributed by atoms with van der Waals surface area (Å²) in [6.07, 6.45) is 4.02. The summed E-state index contributed by atoms with van der Waals surface area (Å²) < 4.78 is 10.7. The van der Waals surface area contributed by atoms with Gasteiger partial charge in [0.15, 0.2) is 14.1 Å². The molecule has 1 aliphatic heterocycles. The molecular formula is C8H14O3SSi. The second-order valence-corrected chi connectivity index (χ2v) is 5.34. The lowest BCUT2D eigenvalue weighted by Gasteiger charge is -2.34. The van der Waals surface area contributed by atoms with E-state index < -0.39 is 20.0 Å². The molecule has 0 N–H and O–H groups in total. The summed E-state index contributed by atoms with van der Waals surface area (Å²) in [5.41, 5.74) is -0.674. The molecular weight excluding hydrogens is 204 g/mol. The van der Waals surface area contributed by atoms with E-state index in [2.05, 4.69) is 18.7 Å². The fourth-order valence-electron chi connectivity index (χ4n) is 1.29. The van der Waals surface area contributed by atoms with Crippen molar-refractivity contribution in [2.75, 3.05) is 6.61 Å². The molecule has 1 heterocycles. The Morgan fingerprint density at radius 2 is 2.46 bits per heavy atom. The third kappa shape index (κ3) is 2.86. The van der Waals surface area contributed by atoms with Gasteiger partial charge >= 0.3 is 5.97 Å². The number of ether oxygens (including phenoxy) is 2. The third-order valence-corrected chi connectivity index (χ3v) is 4.64. The molecule has 1 atom stereocenters. The van der Waals surface area contributed by atoms with Gasteiger partial charge in [-0.2, -0.15) is 0 Å². The van der Waals surface area contributed by atoms with Crippen LogP contribution in [0.2, 0.25) is 0 Å². The molecule has 0 bridgehead atoms. The Hall–Kier alpha value is -0.263. The first-order valence-corrected chi connectivity index (χ1v) is 7.56. The standard InChI is InChI=1S/C8H14O3SSi/c1-2-7(9)11-8(13-12)5-3-4-6-10-8/h2,12H,1,3-6,13H2. The van der Waals surface area contributed by atoms with E-state index in [0.29, 0.717) is 6.61 Å². The van der Waals surface area contributed by atoms with Crippen molar-refractivity contribution in [3.63, 3.8) is 0 Å². The maximum atomic E-state index is 11.0. The molecule has 0 aromatic rings. The Balaban J connectivity index is 2.56. The second-order valence-electron chi connectivity index (χ2n) is 3.00. The predicted octanol–water partition coefficient (Wildman–Crippen LogP) is 0.583. The van der Waals surface area contributed by atoms with Crippen LogP contribution < -0.4 is 0 Å². The highest BCUT2D eigenvalue weighted by atomic mass is 32.3. The predicted molar refractivity (Wildman–Crippen MR) is 56.4 cm³/mol. The van der Waals surface area contributed by atoms with Crippen molar-refractivity contribution in [3.8, 4) is 0 Å². The lowest BCUT2D eigenvalue weighted by atomic mass is 10.2. The van der Waals surface area contributed by atoms with E-state index >= 15 is 0 Å². The van der Waals surface area contributed by atoms with Crippen LogP contribution in [0.1, 0.15) is 19.3 Å². The molecule has 0 spiro atoms. The Morgan fingerprint density at radius 1 is 1.69 bits per heavy atom. The molecule has 1 rings (SSSR count). The van der Waals surface area contributed by atoms with Crippen molar-refractivity contribution in [3.05, 3.63) is 12.7 Å². The van der Waals surface area contributed by atoms with Crippen LogP contribution in [0.4, 0.5) is 0 Å². The Labute approximate surface area is 85.4 Å². The summed E-state index contributed by atoms with van der Waals surface area (Å²) >= 11 is 4.27. The van der Waals surface area contributed by atoms with Gasteiger partial charge in [-0.05, 0) is 12.8 Å². The van der Waals surface area contributed by atoms with E-state index in [4.69, 9.17) is 9.47 Å². The molecule has 1 aliphatic rings. The molecule has 13 heavy (non-hydrogen) atoms. The zero-order chi connectivity index (χ0) is 9.73. The molecule has 1 saturated heterocycles. The monoisotopic (exact) mass is 218 g/mol. The van der Waals surface area contributed by atoms with Crippen molar-refractivity contribution in [2.24, 2.45) is 0 Å². The lowest BCUT2D eigenvalue weighted by molar-refractivity contribution is -0.201. The highest BCUT2D eigenvalue weighted by Crippen LogP contribution is 2.26. The molecule has 0 aromatic carbocycles. The van der Waals surface area contributed by atoms with Crippen LogP contribution in [-0.2, 0) is 14.3 Å². The number of carbonyl (C=O) groups excluding carboxylic acids is 1. The van der Waals surface area contributed by atoms with Crippen molar-refractivity contribution in [2.45, 2.75) is 24.7 Å². The molecule has 74 valence electrons. The maximum absolute atomic E-state index is 11.0. The minimum atomic E-state index is -0.809. The molecule has 0 aliphatic carbocycles. The van der Waals surface area contributed by atoms with Crippen LogP contribution in [0.25, 0.3) is 0 Å². The summed E-state index contributed by atoms with van der Waals surface area (Å²) in [6, 6.07) is 0. The topological polar surface area (TPSA) is 35.5 Å². The first-order valence-electron chi connectivity index (χ1n) is 4.33. The number of thiol groups is 1. The van der Waals surface area contributed by atoms with Crippen LogP contribution in [-0.4, -0.2) is 26.7 Å². The molecule has 1 fully saturated rings. The molecule has 1 unspecified atom stereocenters. The van der Waals surface area contributed by atoms with Gasteiger partial charge in [0, 0.05) is 12.5 Å². The number of esters is 1. The number of hydrogen-bond donors (Lipinski definition) is 1. The van der Waals surface area contributed by atoms with Gasteiger partial charge in [0.05, 0.1) is 6.61 Å². The first-order chi connectivity index (χ1) is 6.22. The van der Waals surface area contributed by atoms with Crippen LogP contribution in [0.15, 0.2) is 12.7 Å². The molecule has 0 aromatic heterocycles. The summed E-state index contributed by atoms with van der Waals surface area (Å²) in [5.74, 6) is -0.413. The van der Waals surface area contributed by atoms with E-state index in [1.807, 2.05) is 0 Å². The van der Waals surface area contributed by atoms with Gasteiger partial charge in [0.1, 0.15) is 0 Å². The first kappa shape index (κ1) is 10.8. The van der Waals surface area contributed by atoms with E-state index in [1.165, 1.54) is 0 Å². The highest BCUT2D eigenvalue weighted by molar-refractivity contribution is 8.07. The number of hydrogen-bond acceptors (Lipinski definition) is 4. The Kier molecular flexibility index (Phi) is 4.02. The summed E-state index contributed by atoms with van der Waals surface area (Å²) in [6.45, 7) is 4.02. The van der Waals surface area contributed by atoms with E-state index in [9.17, 15) is 4.79 Å². The van der Waals surface area contributed by atoms with Crippen molar-refractivity contribution < 1.29 is 14.3 Å². The van der Waals surface area contributed by atoms with Crippen molar-refractivity contribution in [1.29, 1.82) is 0 Å². The SMILES string of the molecule is C=CC(=O)OC1([SiH2]S)CCCCO1. The van der Waals surface area contributed by atoms with Crippen molar-refractivity contribution >= 4 is 26.7 Å². The van der Waals surface area contributed by atoms with Crippen molar-refractivity contribution in [1.82, 2.24) is 0 Å². The highest BCUT2D eigenvalue weighted by Gasteiger charge is 2.35. The minimum absolute atomic E-state index is 0.413. The zero-order valence-corrected chi connectivity index (χ0v) is 9.80. The molecule has 0 amide bonds. The van der Waals surface area contributed by atoms with E-state index in [0.717, 1.165) is 25.3 Å². The van der Waals surface area contributed by atoms with Crippen LogP contribution in [0.3, 0.4) is 0 Å². The Bertz CT molecular complexity index is 202. The van der Waals surface area contributed by atoms with E-state index in [-0.39, 0.29) is 0 Å². The van der Waals surface area contributed by atoms with Gasteiger partial charge < -0.3 is 9.47 Å². The minimum Gasteiger partial charge on any atom is -0.434 e. The average Bonchev–Trinajstić information content (AvgIpc) is 2.19. The molecule has 0 radical (unpaired) electrons. The maximum Gasteiger partial charge on any atom is 0.332 e. The summed E-state index contributed by atoms with van der Waals surface area (Å²) in [5, 5.41) is 0. The summed E-state index contributed by atoms with van der Waals surface area (Å²) in [7, 11) is -0.809. The second kappa shape index (κ2) is 4.83. The largest absolute Gasteiger partial charge is 0.434 e. The molecule has 3 nitrogen and oxygen atoms in total. The average molecular weight is 218 g/mol. The van der Waals surface area contributed by atoms with Gasteiger partial charge in [-0.1, -0.05) is 6.58 Å². The molecule has 0 saturated carbocycles. The Morgan fingerprint density at radius 3 is 2.92 bits per heavy atom. The normalized spacial score (nSPS) is 29.0. The molecule has 5 heteroatoms. The number of rotatable bonds is 3. The fourth-order valence-corrected chi connectivity index (χ4v) is 3.08. The fraction of sp³-hybridized carbons (Fsp3) is 0.625.